The smallest absolute Gasteiger partial charge is 0.332 e. The topological polar surface area (TPSA) is 138 Å². The van der Waals surface area contributed by atoms with Crippen molar-refractivity contribution in [3.8, 4) is 0 Å². The summed E-state index contributed by atoms with van der Waals surface area (Å²) < 4.78 is 45.7. The summed E-state index contributed by atoms with van der Waals surface area (Å²) in [5.74, 6) is -3.50. The van der Waals surface area contributed by atoms with Gasteiger partial charge >= 0.3 is 5.97 Å². The standard InChI is InChI=1S/C30H41FO10/c1-26(2)40-24-14-21-20-6-5-18-13-19(33)7-8-27(18,3)29(20,31)22(34)15-28(21,4)30(24,41-26)23(35)16-39-25(36)17-38-12-11-37-10-9-32/h5,7-8,20-22,24,32,34H,6,9-17H2,1-4H3/t20?,21?,22-,24+,27?,28?,29-,30+/m0/s1. The number of ketones is 2. The molecule has 4 unspecified atom stereocenters. The minimum atomic E-state index is -2.05. The summed E-state index contributed by atoms with van der Waals surface area (Å²) in [5.41, 5.74) is -5.12. The highest BCUT2D eigenvalue weighted by Gasteiger charge is 2.80. The first-order valence-corrected chi connectivity index (χ1v) is 14.4. The minimum Gasteiger partial charge on any atom is -0.456 e. The van der Waals surface area contributed by atoms with Crippen molar-refractivity contribution in [3.63, 3.8) is 0 Å². The lowest BCUT2D eigenvalue weighted by molar-refractivity contribution is -0.243. The zero-order valence-corrected chi connectivity index (χ0v) is 24.2. The van der Waals surface area contributed by atoms with Gasteiger partial charge in [-0.15, -0.1) is 0 Å². The lowest BCUT2D eigenvalue weighted by atomic mass is 9.45. The van der Waals surface area contributed by atoms with Crippen LogP contribution in [0.15, 0.2) is 23.8 Å². The van der Waals surface area contributed by atoms with E-state index < -0.39 is 64.4 Å². The number of hydrogen-bond acceptors (Lipinski definition) is 10. The molecule has 0 amide bonds. The van der Waals surface area contributed by atoms with Crippen molar-refractivity contribution < 1.29 is 52.7 Å². The van der Waals surface area contributed by atoms with Gasteiger partial charge in [0.15, 0.2) is 29.4 Å². The number of fused-ring (bicyclic) bond motifs is 7. The van der Waals surface area contributed by atoms with Gasteiger partial charge in [-0.2, -0.15) is 0 Å². The fraction of sp³-hybridized carbons (Fsp3) is 0.767. The Balaban J connectivity index is 1.38. The van der Waals surface area contributed by atoms with Crippen LogP contribution < -0.4 is 0 Å². The number of esters is 1. The van der Waals surface area contributed by atoms with Crippen molar-refractivity contribution in [2.24, 2.45) is 22.7 Å². The number of aliphatic hydroxyl groups is 2. The Morgan fingerprint density at radius 2 is 1.83 bits per heavy atom. The number of carbonyl (C=O) groups excluding carboxylic acids is 3. The van der Waals surface area contributed by atoms with Crippen LogP contribution >= 0.6 is 0 Å². The highest BCUT2D eigenvalue weighted by atomic mass is 19.1. The molecule has 41 heavy (non-hydrogen) atoms. The monoisotopic (exact) mass is 580 g/mol. The third-order valence-electron chi connectivity index (χ3n) is 10.2. The molecule has 5 aliphatic rings. The first-order valence-electron chi connectivity index (χ1n) is 14.4. The summed E-state index contributed by atoms with van der Waals surface area (Å²) in [6.45, 7) is 6.38. The van der Waals surface area contributed by atoms with Gasteiger partial charge in [0.25, 0.3) is 0 Å². The van der Waals surface area contributed by atoms with Crippen LogP contribution in [0.5, 0.6) is 0 Å². The van der Waals surface area contributed by atoms with E-state index in [4.69, 9.17) is 28.8 Å². The van der Waals surface area contributed by atoms with Crippen LogP contribution in [0.3, 0.4) is 0 Å². The molecule has 0 aromatic carbocycles. The van der Waals surface area contributed by atoms with Crippen LogP contribution in [-0.2, 0) is 38.1 Å². The number of hydrogen-bond donors (Lipinski definition) is 2. The average molecular weight is 581 g/mol. The number of Topliss-reactive ketones (excluding diaryl/α,β-unsaturated/α-hetero) is 1. The Hall–Kier alpha value is -2.02. The van der Waals surface area contributed by atoms with Crippen molar-refractivity contribution >= 4 is 17.5 Å². The van der Waals surface area contributed by atoms with Gasteiger partial charge in [0.1, 0.15) is 6.61 Å². The Morgan fingerprint density at radius 3 is 2.56 bits per heavy atom. The molecule has 0 spiro atoms. The summed E-state index contributed by atoms with van der Waals surface area (Å²) in [6, 6.07) is 0. The maximum atomic E-state index is 17.5. The molecule has 2 N–H and O–H groups in total. The molecule has 0 aromatic rings. The fourth-order valence-corrected chi connectivity index (χ4v) is 8.45. The van der Waals surface area contributed by atoms with Crippen LogP contribution in [0.4, 0.5) is 4.39 Å². The molecule has 8 atom stereocenters. The summed E-state index contributed by atoms with van der Waals surface area (Å²) in [7, 11) is 0. The molecule has 1 aliphatic heterocycles. The second-order valence-electron chi connectivity index (χ2n) is 12.8. The number of aliphatic hydroxyl groups excluding tert-OH is 2. The summed E-state index contributed by atoms with van der Waals surface area (Å²) in [4.78, 5) is 38.5. The average Bonchev–Trinajstić information content (AvgIpc) is 3.31. The van der Waals surface area contributed by atoms with Crippen molar-refractivity contribution in [2.75, 3.05) is 39.6 Å². The molecule has 11 heteroatoms. The SMILES string of the molecule is CC1(C)O[C@@H]2CC3C4CC=C5CC(=O)C=CC5(C)[C@@]4(F)[C@@H](O)CC3(C)[C@]2(C(=O)COC(=O)COCCOCCO)O1. The molecule has 5 rings (SSSR count). The van der Waals surface area contributed by atoms with E-state index in [-0.39, 0.29) is 57.6 Å². The number of halogens is 1. The molecular formula is C30H41FO10. The zero-order valence-electron chi connectivity index (χ0n) is 24.2. The van der Waals surface area contributed by atoms with Gasteiger partial charge in [-0.05, 0) is 52.0 Å². The van der Waals surface area contributed by atoms with Gasteiger partial charge in [0.2, 0.25) is 5.78 Å². The first-order chi connectivity index (χ1) is 19.2. The van der Waals surface area contributed by atoms with E-state index in [1.165, 1.54) is 6.08 Å². The van der Waals surface area contributed by atoms with Crippen LogP contribution in [0, 0.1) is 22.7 Å². The third-order valence-corrected chi connectivity index (χ3v) is 10.2. The molecule has 3 fully saturated rings. The number of ether oxygens (including phenoxy) is 5. The largest absolute Gasteiger partial charge is 0.456 e. The molecule has 228 valence electrons. The minimum absolute atomic E-state index is 0.0676. The molecule has 10 nitrogen and oxygen atoms in total. The van der Waals surface area contributed by atoms with Gasteiger partial charge in [0.05, 0.1) is 38.6 Å². The number of rotatable bonds is 10. The zero-order chi connectivity index (χ0) is 29.8. The maximum Gasteiger partial charge on any atom is 0.332 e. The van der Waals surface area contributed by atoms with Gasteiger partial charge < -0.3 is 33.9 Å². The predicted molar refractivity (Wildman–Crippen MR) is 141 cm³/mol. The van der Waals surface area contributed by atoms with E-state index in [0.717, 1.165) is 0 Å². The van der Waals surface area contributed by atoms with E-state index in [1.807, 2.05) is 13.0 Å². The van der Waals surface area contributed by atoms with Crippen molar-refractivity contribution in [1.82, 2.24) is 0 Å². The van der Waals surface area contributed by atoms with Crippen molar-refractivity contribution in [1.29, 1.82) is 0 Å². The van der Waals surface area contributed by atoms with Crippen LogP contribution in [-0.4, -0.2) is 96.7 Å². The van der Waals surface area contributed by atoms with Crippen molar-refractivity contribution in [2.45, 2.75) is 82.6 Å². The van der Waals surface area contributed by atoms with E-state index in [0.29, 0.717) is 18.4 Å². The summed E-state index contributed by atoms with van der Waals surface area (Å²) in [5, 5.41) is 20.4. The lowest BCUT2D eigenvalue weighted by Crippen LogP contribution is -2.69. The van der Waals surface area contributed by atoms with E-state index in [2.05, 4.69) is 0 Å². The molecule has 4 aliphatic carbocycles. The molecule has 1 saturated heterocycles. The Bertz CT molecular complexity index is 1150. The van der Waals surface area contributed by atoms with Gasteiger partial charge in [-0.1, -0.05) is 24.6 Å². The summed E-state index contributed by atoms with van der Waals surface area (Å²) >= 11 is 0. The number of carbonyl (C=O) groups is 3. The molecule has 0 aromatic heterocycles. The van der Waals surface area contributed by atoms with Crippen LogP contribution in [0.2, 0.25) is 0 Å². The summed E-state index contributed by atoms with van der Waals surface area (Å²) in [6.07, 6.45) is 3.46. The van der Waals surface area contributed by atoms with E-state index >= 15 is 4.39 Å². The van der Waals surface area contributed by atoms with Gasteiger partial charge in [-0.25, -0.2) is 9.18 Å². The first kappa shape index (κ1) is 30.4. The molecular weight excluding hydrogens is 539 g/mol. The Morgan fingerprint density at radius 1 is 1.10 bits per heavy atom. The Labute approximate surface area is 239 Å². The normalized spacial score (nSPS) is 42.1. The fourth-order valence-electron chi connectivity index (χ4n) is 8.45. The molecule has 0 bridgehead atoms. The predicted octanol–water partition coefficient (Wildman–Crippen LogP) is 2.00. The number of allylic oxidation sites excluding steroid dienone is 4. The Kier molecular flexibility index (Phi) is 7.87. The molecule has 0 radical (unpaired) electrons. The second-order valence-corrected chi connectivity index (χ2v) is 12.8. The van der Waals surface area contributed by atoms with Crippen LogP contribution in [0.1, 0.15) is 53.4 Å². The second kappa shape index (κ2) is 10.6. The van der Waals surface area contributed by atoms with E-state index in [1.54, 1.807) is 26.8 Å². The quantitative estimate of drug-likeness (QED) is 0.224. The van der Waals surface area contributed by atoms with Crippen LogP contribution in [0.25, 0.3) is 0 Å². The highest BCUT2D eigenvalue weighted by Crippen LogP contribution is 2.71. The molecule has 1 heterocycles. The third kappa shape index (κ3) is 4.55. The van der Waals surface area contributed by atoms with Gasteiger partial charge in [-0.3, -0.25) is 9.59 Å². The highest BCUT2D eigenvalue weighted by molar-refractivity contribution is 5.94. The van der Waals surface area contributed by atoms with E-state index in [9.17, 15) is 19.5 Å². The molecule has 2 saturated carbocycles. The van der Waals surface area contributed by atoms with Gasteiger partial charge in [0, 0.05) is 23.2 Å². The number of alkyl halides is 1. The maximum absolute atomic E-state index is 17.5. The lowest BCUT2D eigenvalue weighted by Gasteiger charge is -2.62. The van der Waals surface area contributed by atoms with Crippen molar-refractivity contribution in [3.05, 3.63) is 23.8 Å².